The second kappa shape index (κ2) is 4.04. The van der Waals surface area contributed by atoms with E-state index < -0.39 is 0 Å². The van der Waals surface area contributed by atoms with E-state index in [1.165, 1.54) is 12.8 Å². The van der Waals surface area contributed by atoms with Gasteiger partial charge in [0.25, 0.3) is 0 Å². The molecule has 1 saturated heterocycles. The second-order valence-electron chi connectivity index (χ2n) is 3.06. The third-order valence-electron chi connectivity index (χ3n) is 2.05. The molecule has 1 fully saturated rings. The van der Waals surface area contributed by atoms with Crippen molar-refractivity contribution in [3.63, 3.8) is 0 Å². The highest BCUT2D eigenvalue weighted by atomic mass is 16.3. The van der Waals surface area contributed by atoms with Gasteiger partial charge in [0.1, 0.15) is 0 Å². The van der Waals surface area contributed by atoms with E-state index in [2.05, 4.69) is 23.4 Å². The highest BCUT2D eigenvalue weighted by Crippen LogP contribution is 2.12. The molecule has 1 rings (SSSR count). The second-order valence-corrected chi connectivity index (χ2v) is 3.06. The smallest absolute Gasteiger partial charge is 0.176 e. The SMILES string of the molecule is C=C(O)NCC(=C)N1CCCC1. The van der Waals surface area contributed by atoms with Gasteiger partial charge in [-0.15, -0.1) is 0 Å². The van der Waals surface area contributed by atoms with Crippen LogP contribution in [0, 0.1) is 0 Å². The summed E-state index contributed by atoms with van der Waals surface area (Å²) < 4.78 is 0. The zero-order chi connectivity index (χ0) is 8.97. The van der Waals surface area contributed by atoms with Crippen molar-refractivity contribution in [2.45, 2.75) is 12.8 Å². The third-order valence-corrected chi connectivity index (χ3v) is 2.05. The lowest BCUT2D eigenvalue weighted by Gasteiger charge is -2.20. The summed E-state index contributed by atoms with van der Waals surface area (Å²) in [6, 6.07) is 0. The van der Waals surface area contributed by atoms with Crippen molar-refractivity contribution in [1.82, 2.24) is 10.2 Å². The molecule has 0 bridgehead atoms. The fraction of sp³-hybridized carbons (Fsp3) is 0.556. The lowest BCUT2D eigenvalue weighted by Crippen LogP contribution is -2.26. The molecule has 0 amide bonds. The first kappa shape index (κ1) is 8.97. The largest absolute Gasteiger partial charge is 0.495 e. The van der Waals surface area contributed by atoms with Gasteiger partial charge in [0.05, 0.1) is 6.54 Å². The van der Waals surface area contributed by atoms with Crippen LogP contribution in [0.4, 0.5) is 0 Å². The quantitative estimate of drug-likeness (QED) is 0.619. The number of nitrogens with one attached hydrogen (secondary N) is 1. The van der Waals surface area contributed by atoms with Crippen LogP contribution < -0.4 is 5.32 Å². The minimum atomic E-state index is 0.00958. The first-order valence-electron chi connectivity index (χ1n) is 4.24. The third kappa shape index (κ3) is 2.49. The molecule has 0 aromatic heterocycles. The molecule has 0 aromatic rings. The Morgan fingerprint density at radius 3 is 2.42 bits per heavy atom. The molecular formula is C9H16N2O. The fourth-order valence-corrected chi connectivity index (χ4v) is 1.35. The van der Waals surface area contributed by atoms with Crippen LogP contribution in [0.3, 0.4) is 0 Å². The zero-order valence-electron chi connectivity index (χ0n) is 7.34. The van der Waals surface area contributed by atoms with E-state index in [4.69, 9.17) is 5.11 Å². The number of hydrogen-bond donors (Lipinski definition) is 2. The van der Waals surface area contributed by atoms with Gasteiger partial charge in [0.2, 0.25) is 0 Å². The lowest BCUT2D eigenvalue weighted by molar-refractivity contribution is 0.355. The number of aliphatic hydroxyl groups is 1. The molecule has 1 aliphatic rings. The minimum Gasteiger partial charge on any atom is -0.495 e. The van der Waals surface area contributed by atoms with Gasteiger partial charge < -0.3 is 15.3 Å². The summed E-state index contributed by atoms with van der Waals surface area (Å²) in [5.41, 5.74) is 1.03. The number of likely N-dealkylation sites (tertiary alicyclic amines) is 1. The van der Waals surface area contributed by atoms with Gasteiger partial charge in [-0.3, -0.25) is 0 Å². The molecule has 3 nitrogen and oxygen atoms in total. The zero-order valence-corrected chi connectivity index (χ0v) is 7.34. The molecule has 12 heavy (non-hydrogen) atoms. The van der Waals surface area contributed by atoms with Crippen molar-refractivity contribution in [2.24, 2.45) is 0 Å². The van der Waals surface area contributed by atoms with Crippen molar-refractivity contribution in [3.8, 4) is 0 Å². The topological polar surface area (TPSA) is 35.5 Å². The maximum absolute atomic E-state index is 8.78. The van der Waals surface area contributed by atoms with Crippen molar-refractivity contribution in [1.29, 1.82) is 0 Å². The molecule has 68 valence electrons. The van der Waals surface area contributed by atoms with Crippen LogP contribution in [0.5, 0.6) is 0 Å². The van der Waals surface area contributed by atoms with E-state index in [1.807, 2.05) is 0 Å². The summed E-state index contributed by atoms with van der Waals surface area (Å²) in [7, 11) is 0. The number of rotatable bonds is 4. The fourth-order valence-electron chi connectivity index (χ4n) is 1.35. The number of hydrogen-bond acceptors (Lipinski definition) is 3. The molecule has 0 spiro atoms. The maximum Gasteiger partial charge on any atom is 0.176 e. The van der Waals surface area contributed by atoms with Crippen LogP contribution in [0.15, 0.2) is 24.7 Å². The van der Waals surface area contributed by atoms with Gasteiger partial charge >= 0.3 is 0 Å². The van der Waals surface area contributed by atoms with E-state index in [0.717, 1.165) is 18.8 Å². The Balaban J connectivity index is 2.23. The Morgan fingerprint density at radius 1 is 1.33 bits per heavy atom. The van der Waals surface area contributed by atoms with Crippen LogP contribution >= 0.6 is 0 Å². The summed E-state index contributed by atoms with van der Waals surface area (Å²) in [6.45, 7) is 10.0. The van der Waals surface area contributed by atoms with Crippen molar-refractivity contribution in [3.05, 3.63) is 24.7 Å². The van der Waals surface area contributed by atoms with Gasteiger partial charge in [-0.1, -0.05) is 6.58 Å². The van der Waals surface area contributed by atoms with Crippen LogP contribution in [0.25, 0.3) is 0 Å². The highest BCUT2D eigenvalue weighted by molar-refractivity contribution is 5.00. The van der Waals surface area contributed by atoms with Crippen LogP contribution in [-0.4, -0.2) is 29.6 Å². The van der Waals surface area contributed by atoms with Crippen LogP contribution in [-0.2, 0) is 0 Å². The van der Waals surface area contributed by atoms with Gasteiger partial charge in [-0.2, -0.15) is 0 Å². The monoisotopic (exact) mass is 168 g/mol. The molecule has 1 aliphatic heterocycles. The normalized spacial score (nSPS) is 16.2. The molecular weight excluding hydrogens is 152 g/mol. The van der Waals surface area contributed by atoms with Gasteiger partial charge in [0, 0.05) is 18.8 Å². The van der Waals surface area contributed by atoms with E-state index in [9.17, 15) is 0 Å². The highest BCUT2D eigenvalue weighted by Gasteiger charge is 2.12. The number of nitrogens with zero attached hydrogens (tertiary/aromatic N) is 1. The van der Waals surface area contributed by atoms with Gasteiger partial charge in [-0.05, 0) is 19.4 Å². The first-order valence-corrected chi connectivity index (χ1v) is 4.24. The van der Waals surface area contributed by atoms with E-state index in [-0.39, 0.29) is 5.88 Å². The van der Waals surface area contributed by atoms with Crippen LogP contribution in [0.1, 0.15) is 12.8 Å². The minimum absolute atomic E-state index is 0.00958. The molecule has 0 saturated carbocycles. The average Bonchev–Trinajstić information content (AvgIpc) is 2.51. The first-order chi connectivity index (χ1) is 5.70. The predicted octanol–water partition coefficient (Wildman–Crippen LogP) is 1.21. The molecule has 0 aromatic carbocycles. The predicted molar refractivity (Wildman–Crippen MR) is 49.7 cm³/mol. The average molecular weight is 168 g/mol. The van der Waals surface area contributed by atoms with Crippen molar-refractivity contribution < 1.29 is 5.11 Å². The van der Waals surface area contributed by atoms with Gasteiger partial charge in [0.15, 0.2) is 5.88 Å². The Hall–Kier alpha value is -1.12. The molecule has 1 heterocycles. The Morgan fingerprint density at radius 2 is 1.92 bits per heavy atom. The standard InChI is InChI=1S/C9H16N2O/c1-8(7-10-9(2)12)11-5-3-4-6-11/h10,12H,1-7H2. The molecule has 0 unspecified atom stereocenters. The maximum atomic E-state index is 8.78. The summed E-state index contributed by atoms with van der Waals surface area (Å²) in [5.74, 6) is 0.00958. The summed E-state index contributed by atoms with van der Waals surface area (Å²) in [6.07, 6.45) is 2.50. The van der Waals surface area contributed by atoms with Gasteiger partial charge in [-0.25, -0.2) is 0 Å². The molecule has 0 atom stereocenters. The Labute approximate surface area is 73.4 Å². The van der Waals surface area contributed by atoms with Crippen molar-refractivity contribution in [2.75, 3.05) is 19.6 Å². The summed E-state index contributed by atoms with van der Waals surface area (Å²) in [4.78, 5) is 2.23. The van der Waals surface area contributed by atoms with Crippen LogP contribution in [0.2, 0.25) is 0 Å². The number of aliphatic hydroxyl groups excluding tert-OH is 1. The van der Waals surface area contributed by atoms with E-state index in [0.29, 0.717) is 6.54 Å². The Bertz CT molecular complexity index is 183. The lowest BCUT2D eigenvalue weighted by atomic mass is 10.4. The molecule has 2 N–H and O–H groups in total. The molecule has 0 radical (unpaired) electrons. The summed E-state index contributed by atoms with van der Waals surface area (Å²) in [5, 5.41) is 11.5. The molecule has 0 aliphatic carbocycles. The Kier molecular flexibility index (Phi) is 3.02. The van der Waals surface area contributed by atoms with Crippen molar-refractivity contribution >= 4 is 0 Å². The summed E-state index contributed by atoms with van der Waals surface area (Å²) >= 11 is 0. The molecule has 3 heteroatoms. The van der Waals surface area contributed by atoms with E-state index >= 15 is 0 Å². The van der Waals surface area contributed by atoms with E-state index in [1.54, 1.807) is 0 Å².